The number of hydrogen-bond donors (Lipinski definition) is 3. The summed E-state index contributed by atoms with van der Waals surface area (Å²) in [5.41, 5.74) is 0.427. The number of aliphatic hydroxyl groups is 2. The van der Waals surface area contributed by atoms with E-state index in [1.165, 1.54) is 6.07 Å². The van der Waals surface area contributed by atoms with Crippen LogP contribution in [0.2, 0.25) is 0 Å². The highest BCUT2D eigenvalue weighted by Gasteiger charge is 2.32. The zero-order valence-corrected chi connectivity index (χ0v) is 11.9. The SMILES string of the molecule is CC1(O)CCCN(c2cc3c(cc2F)C(O)C(=O)N3)CC1. The van der Waals surface area contributed by atoms with Crippen LogP contribution in [0.5, 0.6) is 0 Å². The summed E-state index contributed by atoms with van der Waals surface area (Å²) in [4.78, 5) is 13.3. The van der Waals surface area contributed by atoms with Crippen LogP contribution in [0.15, 0.2) is 12.1 Å². The van der Waals surface area contributed by atoms with Crippen LogP contribution in [0.4, 0.5) is 15.8 Å². The number of anilines is 2. The van der Waals surface area contributed by atoms with Crippen molar-refractivity contribution in [1.82, 2.24) is 0 Å². The van der Waals surface area contributed by atoms with Gasteiger partial charge in [-0.1, -0.05) is 0 Å². The van der Waals surface area contributed by atoms with Gasteiger partial charge in [-0.05, 0) is 38.3 Å². The van der Waals surface area contributed by atoms with Crippen molar-refractivity contribution in [3.63, 3.8) is 0 Å². The molecule has 6 heteroatoms. The van der Waals surface area contributed by atoms with E-state index in [1.54, 1.807) is 13.0 Å². The van der Waals surface area contributed by atoms with Crippen LogP contribution >= 0.6 is 0 Å². The molecule has 1 aromatic carbocycles. The molecule has 114 valence electrons. The van der Waals surface area contributed by atoms with Crippen LogP contribution in [0.1, 0.15) is 37.9 Å². The van der Waals surface area contributed by atoms with Gasteiger partial charge in [0.1, 0.15) is 5.82 Å². The van der Waals surface area contributed by atoms with E-state index in [0.717, 1.165) is 6.42 Å². The van der Waals surface area contributed by atoms with Gasteiger partial charge in [-0.2, -0.15) is 0 Å². The number of hydrogen-bond acceptors (Lipinski definition) is 4. The van der Waals surface area contributed by atoms with Gasteiger partial charge in [-0.15, -0.1) is 0 Å². The van der Waals surface area contributed by atoms with E-state index in [0.29, 0.717) is 37.3 Å². The number of aliphatic hydroxyl groups excluding tert-OH is 1. The first kappa shape index (κ1) is 14.3. The minimum atomic E-state index is -1.30. The fraction of sp³-hybridized carbons (Fsp3) is 0.533. The maximum absolute atomic E-state index is 14.3. The second-order valence-corrected chi connectivity index (χ2v) is 6.12. The molecule has 0 bridgehead atoms. The third-order valence-electron chi connectivity index (χ3n) is 4.32. The number of rotatable bonds is 1. The summed E-state index contributed by atoms with van der Waals surface area (Å²) in [7, 11) is 0. The Morgan fingerprint density at radius 1 is 1.38 bits per heavy atom. The Balaban J connectivity index is 1.90. The summed E-state index contributed by atoms with van der Waals surface area (Å²) < 4.78 is 14.3. The first-order valence-corrected chi connectivity index (χ1v) is 7.17. The predicted octanol–water partition coefficient (Wildman–Crippen LogP) is 1.55. The molecule has 5 nitrogen and oxygen atoms in total. The number of benzene rings is 1. The average molecular weight is 294 g/mol. The third kappa shape index (κ3) is 2.61. The molecule has 0 saturated carbocycles. The highest BCUT2D eigenvalue weighted by molar-refractivity contribution is 6.02. The lowest BCUT2D eigenvalue weighted by Crippen LogP contribution is -2.28. The van der Waals surface area contributed by atoms with Crippen LogP contribution in [0.3, 0.4) is 0 Å². The molecule has 2 atom stereocenters. The van der Waals surface area contributed by atoms with Gasteiger partial charge < -0.3 is 20.4 Å². The summed E-state index contributed by atoms with van der Waals surface area (Å²) in [6.07, 6.45) is 0.733. The minimum Gasteiger partial charge on any atom is -0.390 e. The van der Waals surface area contributed by atoms with Crippen molar-refractivity contribution in [2.24, 2.45) is 0 Å². The molecule has 1 aromatic rings. The van der Waals surface area contributed by atoms with Crippen LogP contribution in [0, 0.1) is 5.82 Å². The lowest BCUT2D eigenvalue weighted by atomic mass is 9.98. The average Bonchev–Trinajstić information content (AvgIpc) is 2.59. The van der Waals surface area contributed by atoms with Crippen molar-refractivity contribution < 1.29 is 19.4 Å². The van der Waals surface area contributed by atoms with Crippen molar-refractivity contribution >= 4 is 17.3 Å². The Morgan fingerprint density at radius 3 is 2.90 bits per heavy atom. The predicted molar refractivity (Wildman–Crippen MR) is 76.7 cm³/mol. The highest BCUT2D eigenvalue weighted by Crippen LogP contribution is 2.37. The van der Waals surface area contributed by atoms with E-state index in [9.17, 15) is 19.4 Å². The maximum Gasteiger partial charge on any atom is 0.257 e. The third-order valence-corrected chi connectivity index (χ3v) is 4.32. The Bertz CT molecular complexity index is 589. The van der Waals surface area contributed by atoms with Crippen LogP contribution in [0.25, 0.3) is 0 Å². The zero-order chi connectivity index (χ0) is 15.2. The largest absolute Gasteiger partial charge is 0.390 e. The summed E-state index contributed by atoms with van der Waals surface area (Å²) in [6.45, 7) is 3.01. The Labute approximate surface area is 122 Å². The number of amides is 1. The van der Waals surface area contributed by atoms with Gasteiger partial charge in [0.05, 0.1) is 11.3 Å². The van der Waals surface area contributed by atoms with Gasteiger partial charge in [0, 0.05) is 24.3 Å². The van der Waals surface area contributed by atoms with Crippen molar-refractivity contribution in [3.05, 3.63) is 23.5 Å². The molecule has 3 rings (SSSR count). The molecular formula is C15H19FN2O3. The van der Waals surface area contributed by atoms with Crippen LogP contribution in [-0.2, 0) is 4.79 Å². The molecule has 0 aliphatic carbocycles. The van der Waals surface area contributed by atoms with E-state index in [2.05, 4.69) is 5.32 Å². The van der Waals surface area contributed by atoms with Crippen LogP contribution in [-0.4, -0.2) is 34.8 Å². The van der Waals surface area contributed by atoms with Gasteiger partial charge in [0.15, 0.2) is 6.10 Å². The lowest BCUT2D eigenvalue weighted by molar-refractivity contribution is -0.123. The van der Waals surface area contributed by atoms with Gasteiger partial charge >= 0.3 is 0 Å². The molecule has 2 aliphatic heterocycles. The Hall–Kier alpha value is -1.66. The Morgan fingerprint density at radius 2 is 2.14 bits per heavy atom. The zero-order valence-electron chi connectivity index (χ0n) is 11.9. The van der Waals surface area contributed by atoms with Crippen molar-refractivity contribution in [2.75, 3.05) is 23.3 Å². The molecule has 21 heavy (non-hydrogen) atoms. The van der Waals surface area contributed by atoms with Crippen molar-refractivity contribution in [3.8, 4) is 0 Å². The number of halogens is 1. The number of nitrogens with zero attached hydrogens (tertiary/aromatic N) is 1. The summed E-state index contributed by atoms with van der Waals surface area (Å²) in [6, 6.07) is 2.79. The molecule has 2 heterocycles. The number of fused-ring (bicyclic) bond motifs is 1. The highest BCUT2D eigenvalue weighted by atomic mass is 19.1. The first-order valence-electron chi connectivity index (χ1n) is 7.17. The molecule has 1 amide bonds. The van der Waals surface area contributed by atoms with Gasteiger partial charge in [-0.25, -0.2) is 4.39 Å². The van der Waals surface area contributed by atoms with E-state index >= 15 is 0 Å². The molecule has 2 aliphatic rings. The maximum atomic E-state index is 14.3. The molecule has 0 spiro atoms. The smallest absolute Gasteiger partial charge is 0.257 e. The van der Waals surface area contributed by atoms with E-state index in [-0.39, 0.29) is 5.56 Å². The molecule has 0 aromatic heterocycles. The monoisotopic (exact) mass is 294 g/mol. The summed E-state index contributed by atoms with van der Waals surface area (Å²) >= 11 is 0. The summed E-state index contributed by atoms with van der Waals surface area (Å²) in [5, 5.41) is 22.3. The van der Waals surface area contributed by atoms with E-state index < -0.39 is 23.4 Å². The fourth-order valence-corrected chi connectivity index (χ4v) is 3.00. The quantitative estimate of drug-likeness (QED) is 0.735. The first-order chi connectivity index (χ1) is 9.87. The van der Waals surface area contributed by atoms with Gasteiger partial charge in [-0.3, -0.25) is 4.79 Å². The Kier molecular flexibility index (Phi) is 3.37. The van der Waals surface area contributed by atoms with Crippen LogP contribution < -0.4 is 10.2 Å². The van der Waals surface area contributed by atoms with Gasteiger partial charge in [0.25, 0.3) is 5.91 Å². The lowest BCUT2D eigenvalue weighted by Gasteiger charge is -2.25. The number of carbonyl (C=O) groups is 1. The number of nitrogens with one attached hydrogen (secondary N) is 1. The van der Waals surface area contributed by atoms with E-state index in [4.69, 9.17) is 0 Å². The van der Waals surface area contributed by atoms with Crippen molar-refractivity contribution in [2.45, 2.75) is 37.9 Å². The molecule has 3 N–H and O–H groups in total. The summed E-state index contributed by atoms with van der Waals surface area (Å²) in [5.74, 6) is -0.980. The molecule has 1 fully saturated rings. The standard InChI is InChI=1S/C15H19FN2O3/c1-15(21)3-2-5-18(6-4-15)12-8-11-9(7-10(12)16)13(19)14(20)17-11/h7-8,13,19,21H,2-6H2,1H3,(H,17,20). The fourth-order valence-electron chi connectivity index (χ4n) is 3.00. The van der Waals surface area contributed by atoms with Gasteiger partial charge in [0.2, 0.25) is 0 Å². The van der Waals surface area contributed by atoms with E-state index in [1.807, 2.05) is 4.90 Å². The molecule has 2 unspecified atom stereocenters. The molecular weight excluding hydrogens is 275 g/mol. The normalized spacial score (nSPS) is 29.0. The topological polar surface area (TPSA) is 72.8 Å². The van der Waals surface area contributed by atoms with Crippen molar-refractivity contribution in [1.29, 1.82) is 0 Å². The molecule has 1 saturated heterocycles. The molecule has 0 radical (unpaired) electrons. The number of carbonyl (C=O) groups excluding carboxylic acids is 1. The second kappa shape index (κ2) is 4.96. The second-order valence-electron chi connectivity index (χ2n) is 6.12. The minimum absolute atomic E-state index is 0.281.